The summed E-state index contributed by atoms with van der Waals surface area (Å²) >= 11 is 0. The zero-order valence-corrected chi connectivity index (χ0v) is 10.7. The molecule has 0 saturated heterocycles. The molecule has 0 bridgehead atoms. The number of ketones is 1. The smallest absolute Gasteiger partial charge is 0.147 e. The molecule has 0 aliphatic rings. The number of hydrogen-bond donors (Lipinski definition) is 1. The van der Waals surface area contributed by atoms with Gasteiger partial charge in [-0.25, -0.2) is 8.42 Å². The fourth-order valence-corrected chi connectivity index (χ4v) is 1.55. The van der Waals surface area contributed by atoms with Gasteiger partial charge >= 0.3 is 0 Å². The van der Waals surface area contributed by atoms with Crippen molar-refractivity contribution < 1.29 is 13.2 Å². The van der Waals surface area contributed by atoms with Crippen LogP contribution in [0.5, 0.6) is 0 Å². The van der Waals surface area contributed by atoms with Crippen LogP contribution in [0, 0.1) is 5.41 Å². The Kier molecular flexibility index (Phi) is 4.93. The Morgan fingerprint density at radius 1 is 1.33 bits per heavy atom. The van der Waals surface area contributed by atoms with Crippen LogP contribution in [0.3, 0.4) is 0 Å². The molecule has 0 fully saturated rings. The van der Waals surface area contributed by atoms with E-state index in [1.807, 2.05) is 20.8 Å². The van der Waals surface area contributed by atoms with Crippen LogP contribution in [0.15, 0.2) is 0 Å². The predicted molar refractivity (Wildman–Crippen MR) is 61.4 cm³/mol. The van der Waals surface area contributed by atoms with Crippen molar-refractivity contribution in [3.05, 3.63) is 0 Å². The molecule has 2 N–H and O–H groups in total. The quantitative estimate of drug-likeness (QED) is 0.763. The minimum atomic E-state index is -3.05. The molecule has 15 heavy (non-hydrogen) atoms. The van der Waals surface area contributed by atoms with Gasteiger partial charge in [-0.05, 0) is 5.41 Å². The van der Waals surface area contributed by atoms with Gasteiger partial charge in [0.05, 0.1) is 5.75 Å². The third-order valence-corrected chi connectivity index (χ3v) is 3.26. The van der Waals surface area contributed by atoms with E-state index >= 15 is 0 Å². The molecule has 0 heterocycles. The number of hydrogen-bond acceptors (Lipinski definition) is 4. The van der Waals surface area contributed by atoms with Crippen molar-refractivity contribution in [3.8, 4) is 0 Å². The molecule has 1 atom stereocenters. The Labute approximate surface area is 92.2 Å². The van der Waals surface area contributed by atoms with Crippen molar-refractivity contribution >= 4 is 15.6 Å². The average Bonchev–Trinajstić information content (AvgIpc) is 1.97. The zero-order valence-electron chi connectivity index (χ0n) is 9.91. The molecule has 0 aliphatic carbocycles. The lowest BCUT2D eigenvalue weighted by molar-refractivity contribution is -0.119. The Hall–Kier alpha value is -0.420. The van der Waals surface area contributed by atoms with Crippen LogP contribution in [-0.2, 0) is 14.6 Å². The summed E-state index contributed by atoms with van der Waals surface area (Å²) < 4.78 is 21.7. The maximum Gasteiger partial charge on any atom is 0.147 e. The van der Waals surface area contributed by atoms with Crippen molar-refractivity contribution in [1.82, 2.24) is 0 Å². The molecule has 0 amide bonds. The second kappa shape index (κ2) is 5.07. The first-order valence-corrected chi connectivity index (χ1v) is 7.03. The van der Waals surface area contributed by atoms with E-state index in [4.69, 9.17) is 5.73 Å². The molecule has 4 nitrogen and oxygen atoms in total. The molecule has 90 valence electrons. The van der Waals surface area contributed by atoms with Crippen LogP contribution >= 0.6 is 0 Å². The van der Waals surface area contributed by atoms with E-state index in [0.29, 0.717) is 0 Å². The van der Waals surface area contributed by atoms with Gasteiger partial charge in [0.15, 0.2) is 0 Å². The maximum atomic E-state index is 11.4. The lowest BCUT2D eigenvalue weighted by Gasteiger charge is -2.26. The molecule has 0 aliphatic heterocycles. The van der Waals surface area contributed by atoms with E-state index in [2.05, 4.69) is 0 Å². The molecule has 0 radical (unpaired) electrons. The first-order valence-electron chi connectivity index (χ1n) is 4.97. The van der Waals surface area contributed by atoms with Crippen molar-refractivity contribution in [2.75, 3.05) is 12.0 Å². The summed E-state index contributed by atoms with van der Waals surface area (Å²) in [4.78, 5) is 11.4. The highest BCUT2D eigenvalue weighted by atomic mass is 32.2. The monoisotopic (exact) mass is 235 g/mol. The first kappa shape index (κ1) is 14.6. The molecule has 0 spiro atoms. The maximum absolute atomic E-state index is 11.4. The van der Waals surface area contributed by atoms with Crippen molar-refractivity contribution in [3.63, 3.8) is 0 Å². The van der Waals surface area contributed by atoms with Crippen LogP contribution in [0.2, 0.25) is 0 Å². The summed E-state index contributed by atoms with van der Waals surface area (Å²) in [6, 6.07) is -0.218. The molecule has 0 aromatic carbocycles. The second-order valence-electron chi connectivity index (χ2n) is 5.10. The minimum absolute atomic E-state index is 0.0720. The molecule has 5 heteroatoms. The van der Waals surface area contributed by atoms with Gasteiger partial charge in [-0.3, -0.25) is 4.79 Å². The molecule has 0 aromatic rings. The number of rotatable bonds is 5. The highest BCUT2D eigenvalue weighted by molar-refractivity contribution is 7.90. The number of sulfone groups is 1. The number of carbonyl (C=O) groups excluding carboxylic acids is 1. The van der Waals surface area contributed by atoms with Crippen LogP contribution in [0.1, 0.15) is 33.6 Å². The number of nitrogens with two attached hydrogens (primary N) is 1. The van der Waals surface area contributed by atoms with Gasteiger partial charge < -0.3 is 5.73 Å². The van der Waals surface area contributed by atoms with E-state index in [0.717, 1.165) is 6.26 Å². The minimum Gasteiger partial charge on any atom is -0.327 e. The van der Waals surface area contributed by atoms with Crippen LogP contribution in [0.25, 0.3) is 0 Å². The lowest BCUT2D eigenvalue weighted by Crippen LogP contribution is -2.37. The van der Waals surface area contributed by atoms with Gasteiger partial charge in [0.2, 0.25) is 0 Å². The third-order valence-electron chi connectivity index (χ3n) is 2.31. The summed E-state index contributed by atoms with van der Waals surface area (Å²) in [5.41, 5.74) is 5.70. The van der Waals surface area contributed by atoms with E-state index in [1.54, 1.807) is 0 Å². The van der Waals surface area contributed by atoms with Crippen LogP contribution in [0.4, 0.5) is 0 Å². The Bertz CT molecular complexity index is 314. The van der Waals surface area contributed by atoms with Crippen LogP contribution in [-0.4, -0.2) is 32.3 Å². The van der Waals surface area contributed by atoms with Gasteiger partial charge in [-0.1, -0.05) is 20.8 Å². The number of carbonyl (C=O) groups is 1. The lowest BCUT2D eigenvalue weighted by atomic mass is 9.84. The van der Waals surface area contributed by atoms with Crippen LogP contribution < -0.4 is 5.73 Å². The molecular formula is C10H21NO3S. The highest BCUT2D eigenvalue weighted by Crippen LogP contribution is 2.20. The largest absolute Gasteiger partial charge is 0.327 e. The SMILES string of the molecule is CC(C)(C)C(N)CC(=O)CCS(C)(=O)=O. The average molecular weight is 235 g/mol. The van der Waals surface area contributed by atoms with E-state index < -0.39 is 9.84 Å². The van der Waals surface area contributed by atoms with Gasteiger partial charge in [-0.2, -0.15) is 0 Å². The molecule has 1 unspecified atom stereocenters. The van der Waals surface area contributed by atoms with Crippen molar-refractivity contribution in [2.24, 2.45) is 11.1 Å². The first-order chi connectivity index (χ1) is 6.52. The van der Waals surface area contributed by atoms with E-state index in [1.165, 1.54) is 0 Å². The Balaban J connectivity index is 4.06. The highest BCUT2D eigenvalue weighted by Gasteiger charge is 2.23. The summed E-state index contributed by atoms with van der Waals surface area (Å²) in [6.45, 7) is 5.88. The molecule has 0 saturated carbocycles. The van der Waals surface area contributed by atoms with Gasteiger partial charge in [0.25, 0.3) is 0 Å². The fraction of sp³-hybridized carbons (Fsp3) is 0.900. The number of Topliss-reactive ketones (excluding diaryl/α,β-unsaturated/α-hetero) is 1. The Morgan fingerprint density at radius 3 is 2.13 bits per heavy atom. The van der Waals surface area contributed by atoms with Crippen molar-refractivity contribution in [2.45, 2.75) is 39.7 Å². The van der Waals surface area contributed by atoms with Gasteiger partial charge in [-0.15, -0.1) is 0 Å². The fourth-order valence-electron chi connectivity index (χ4n) is 0.953. The Morgan fingerprint density at radius 2 is 1.80 bits per heavy atom. The third kappa shape index (κ3) is 7.50. The van der Waals surface area contributed by atoms with Gasteiger partial charge in [0, 0.05) is 25.1 Å². The van der Waals surface area contributed by atoms with E-state index in [9.17, 15) is 13.2 Å². The second-order valence-corrected chi connectivity index (χ2v) is 7.35. The summed E-state index contributed by atoms with van der Waals surface area (Å²) in [5, 5.41) is 0. The zero-order chi connectivity index (χ0) is 12.3. The topological polar surface area (TPSA) is 77.2 Å². The summed E-state index contributed by atoms with van der Waals surface area (Å²) in [6.07, 6.45) is 1.45. The van der Waals surface area contributed by atoms with Crippen molar-refractivity contribution in [1.29, 1.82) is 0 Å². The van der Waals surface area contributed by atoms with E-state index in [-0.39, 0.29) is 35.8 Å². The molecule has 0 rings (SSSR count). The summed E-state index contributed by atoms with van der Waals surface area (Å²) in [5.74, 6) is -0.161. The van der Waals surface area contributed by atoms with Gasteiger partial charge in [0.1, 0.15) is 15.6 Å². The molecular weight excluding hydrogens is 214 g/mol. The molecule has 0 aromatic heterocycles. The predicted octanol–water partition coefficient (Wildman–Crippen LogP) is 0.754. The normalized spacial score (nSPS) is 15.0. The standard InChI is InChI=1S/C10H21NO3S/c1-10(2,3)9(11)7-8(12)5-6-15(4,13)14/h9H,5-7,11H2,1-4H3. The summed E-state index contributed by atoms with van der Waals surface area (Å²) in [7, 11) is -3.05.